The minimum absolute atomic E-state index is 0.200. The van der Waals surface area contributed by atoms with Gasteiger partial charge in [0.2, 0.25) is 5.60 Å². The highest BCUT2D eigenvalue weighted by molar-refractivity contribution is 5.86. The monoisotopic (exact) mass is 322 g/mol. The first kappa shape index (κ1) is 15.6. The minimum atomic E-state index is -2.86. The Morgan fingerprint density at radius 3 is 2.91 bits per heavy atom. The SMILES string of the molecule is CC#C[C@]1(O)C(n2ccc3c(N)ncnc32)O[C@](F)(CO)[C@H]1O. The van der Waals surface area contributed by atoms with E-state index in [4.69, 9.17) is 10.5 Å². The third-order valence-corrected chi connectivity index (χ3v) is 3.84. The number of aromatic nitrogens is 3. The topological polar surface area (TPSA) is 127 Å². The second-order valence-corrected chi connectivity index (χ2v) is 5.24. The Morgan fingerprint density at radius 2 is 2.26 bits per heavy atom. The lowest BCUT2D eigenvalue weighted by Crippen LogP contribution is -2.50. The molecule has 8 nitrogen and oxygen atoms in total. The quantitative estimate of drug-likeness (QED) is 0.539. The molecular formula is C14H15FN4O4. The predicted octanol–water partition coefficient (Wildman–Crippen LogP) is -0.684. The lowest BCUT2D eigenvalue weighted by atomic mass is 9.93. The van der Waals surface area contributed by atoms with Crippen LogP contribution in [-0.4, -0.2) is 54.0 Å². The molecule has 1 aliphatic rings. The van der Waals surface area contributed by atoms with Gasteiger partial charge in [-0.05, 0) is 13.0 Å². The summed E-state index contributed by atoms with van der Waals surface area (Å²) in [6, 6.07) is 1.57. The van der Waals surface area contributed by atoms with Gasteiger partial charge in [0.05, 0.1) is 5.39 Å². The Bertz CT molecular complexity index is 816. The maximum Gasteiger partial charge on any atom is 0.264 e. The largest absolute Gasteiger partial charge is 0.390 e. The van der Waals surface area contributed by atoms with E-state index >= 15 is 0 Å². The molecule has 3 heterocycles. The Kier molecular flexibility index (Phi) is 3.50. The Morgan fingerprint density at radius 1 is 1.52 bits per heavy atom. The summed E-state index contributed by atoms with van der Waals surface area (Å²) < 4.78 is 21.0. The van der Waals surface area contributed by atoms with E-state index in [0.717, 1.165) is 0 Å². The molecule has 0 bridgehead atoms. The van der Waals surface area contributed by atoms with Crippen LogP contribution in [0.3, 0.4) is 0 Å². The van der Waals surface area contributed by atoms with Crippen molar-refractivity contribution in [3.05, 3.63) is 18.6 Å². The van der Waals surface area contributed by atoms with Crippen LogP contribution < -0.4 is 5.73 Å². The van der Waals surface area contributed by atoms with Gasteiger partial charge in [0.1, 0.15) is 24.4 Å². The highest BCUT2D eigenvalue weighted by Gasteiger charge is 2.64. The van der Waals surface area contributed by atoms with Crippen LogP contribution in [0.25, 0.3) is 11.0 Å². The van der Waals surface area contributed by atoms with Gasteiger partial charge in [-0.3, -0.25) is 0 Å². The van der Waals surface area contributed by atoms with E-state index < -0.39 is 30.4 Å². The molecule has 0 saturated carbocycles. The lowest BCUT2D eigenvalue weighted by Gasteiger charge is -2.26. The van der Waals surface area contributed by atoms with E-state index in [9.17, 15) is 19.7 Å². The van der Waals surface area contributed by atoms with Crippen molar-refractivity contribution in [3.8, 4) is 11.8 Å². The number of alkyl halides is 1. The third-order valence-electron chi connectivity index (χ3n) is 3.84. The normalized spacial score (nSPS) is 33.6. The van der Waals surface area contributed by atoms with Crippen molar-refractivity contribution in [2.45, 2.75) is 30.7 Å². The summed E-state index contributed by atoms with van der Waals surface area (Å²) in [4.78, 5) is 7.88. The fourth-order valence-electron chi connectivity index (χ4n) is 2.71. The molecule has 1 fully saturated rings. The number of hydrogen-bond donors (Lipinski definition) is 4. The molecule has 2 aromatic rings. The number of aliphatic hydroxyl groups is 3. The number of nitrogens with zero attached hydrogens (tertiary/aromatic N) is 3. The van der Waals surface area contributed by atoms with Crippen LogP contribution in [0, 0.1) is 11.8 Å². The van der Waals surface area contributed by atoms with Crippen LogP contribution in [0.5, 0.6) is 0 Å². The summed E-state index contributed by atoms with van der Waals surface area (Å²) >= 11 is 0. The zero-order chi connectivity index (χ0) is 16.8. The van der Waals surface area contributed by atoms with Crippen molar-refractivity contribution < 1.29 is 24.4 Å². The average Bonchev–Trinajstić information content (AvgIpc) is 3.03. The second kappa shape index (κ2) is 5.14. The minimum Gasteiger partial charge on any atom is -0.390 e. The fraction of sp³-hybridized carbons (Fsp3) is 0.429. The average molecular weight is 322 g/mol. The lowest BCUT2D eigenvalue weighted by molar-refractivity contribution is -0.206. The van der Waals surface area contributed by atoms with E-state index in [1.165, 1.54) is 24.0 Å². The van der Waals surface area contributed by atoms with Gasteiger partial charge in [0.25, 0.3) is 5.85 Å². The molecular weight excluding hydrogens is 307 g/mol. The summed E-state index contributed by atoms with van der Waals surface area (Å²) in [5, 5.41) is 30.5. The molecule has 9 heteroatoms. The first-order valence-electron chi connectivity index (χ1n) is 6.76. The molecule has 1 saturated heterocycles. The van der Waals surface area contributed by atoms with E-state index in [0.29, 0.717) is 5.39 Å². The van der Waals surface area contributed by atoms with Gasteiger partial charge in [0.15, 0.2) is 12.3 Å². The molecule has 0 spiro atoms. The van der Waals surface area contributed by atoms with Crippen LogP contribution in [0.1, 0.15) is 13.2 Å². The van der Waals surface area contributed by atoms with Crippen molar-refractivity contribution in [1.82, 2.24) is 14.5 Å². The molecule has 3 rings (SSSR count). The summed E-state index contributed by atoms with van der Waals surface area (Å²) in [7, 11) is 0. The van der Waals surface area contributed by atoms with E-state index in [-0.39, 0.29) is 11.5 Å². The van der Waals surface area contributed by atoms with Gasteiger partial charge in [-0.15, -0.1) is 5.92 Å². The number of hydrogen-bond acceptors (Lipinski definition) is 7. The standard InChI is InChI=1S/C14H15FN4O4/c1-2-4-13(22)11(21)14(15,6-20)23-12(13)19-5-3-8-9(16)17-7-18-10(8)19/h3,5,7,11-12,20-22H,6H2,1H3,(H2,16,17,18)/t11-,12?,13+,14+/m0/s1. The smallest absolute Gasteiger partial charge is 0.264 e. The number of fused-ring (bicyclic) bond motifs is 1. The Labute approximate surface area is 130 Å². The Balaban J connectivity index is 2.19. The van der Waals surface area contributed by atoms with Crippen molar-refractivity contribution in [2.24, 2.45) is 0 Å². The van der Waals surface area contributed by atoms with Crippen LogP contribution in [0.2, 0.25) is 0 Å². The van der Waals surface area contributed by atoms with Crippen molar-refractivity contribution in [2.75, 3.05) is 12.3 Å². The molecule has 0 aromatic carbocycles. The Hall–Kier alpha value is -2.25. The maximum atomic E-state index is 14.6. The number of nitrogen functional groups attached to an aromatic ring is 1. The molecule has 5 N–H and O–H groups in total. The van der Waals surface area contributed by atoms with Crippen molar-refractivity contribution >= 4 is 16.9 Å². The summed E-state index contributed by atoms with van der Waals surface area (Å²) in [6.07, 6.45) is -0.847. The number of ether oxygens (including phenoxy) is 1. The highest BCUT2D eigenvalue weighted by atomic mass is 19.2. The first-order valence-corrected chi connectivity index (χ1v) is 6.76. The molecule has 0 aliphatic carbocycles. The van der Waals surface area contributed by atoms with Gasteiger partial charge < -0.3 is 30.4 Å². The van der Waals surface area contributed by atoms with Gasteiger partial charge in [-0.2, -0.15) is 0 Å². The number of aliphatic hydroxyl groups excluding tert-OH is 2. The van der Waals surface area contributed by atoms with Gasteiger partial charge >= 0.3 is 0 Å². The van der Waals surface area contributed by atoms with E-state index in [1.54, 1.807) is 6.07 Å². The molecule has 0 amide bonds. The molecule has 4 atom stereocenters. The molecule has 23 heavy (non-hydrogen) atoms. The zero-order valence-electron chi connectivity index (χ0n) is 12.1. The molecule has 1 aliphatic heterocycles. The fourth-order valence-corrected chi connectivity index (χ4v) is 2.71. The highest BCUT2D eigenvalue weighted by Crippen LogP contribution is 2.46. The molecule has 1 unspecified atom stereocenters. The predicted molar refractivity (Wildman–Crippen MR) is 77.4 cm³/mol. The summed E-state index contributed by atoms with van der Waals surface area (Å²) in [5.74, 6) is 2.13. The first-order chi connectivity index (χ1) is 10.9. The zero-order valence-corrected chi connectivity index (χ0v) is 12.1. The van der Waals surface area contributed by atoms with Gasteiger partial charge in [0, 0.05) is 6.20 Å². The maximum absolute atomic E-state index is 14.6. The van der Waals surface area contributed by atoms with Gasteiger partial charge in [-0.25, -0.2) is 14.4 Å². The van der Waals surface area contributed by atoms with E-state index in [2.05, 4.69) is 21.8 Å². The van der Waals surface area contributed by atoms with Crippen LogP contribution >= 0.6 is 0 Å². The van der Waals surface area contributed by atoms with E-state index in [1.807, 2.05) is 0 Å². The van der Waals surface area contributed by atoms with Crippen LogP contribution in [0.15, 0.2) is 18.6 Å². The number of nitrogens with two attached hydrogens (primary N) is 1. The van der Waals surface area contributed by atoms with Gasteiger partial charge in [-0.1, -0.05) is 5.92 Å². The van der Waals surface area contributed by atoms with Crippen molar-refractivity contribution in [3.63, 3.8) is 0 Å². The molecule has 122 valence electrons. The number of rotatable bonds is 2. The van der Waals surface area contributed by atoms with Crippen molar-refractivity contribution in [1.29, 1.82) is 0 Å². The van der Waals surface area contributed by atoms with Crippen LogP contribution in [-0.2, 0) is 4.74 Å². The number of anilines is 1. The summed E-state index contributed by atoms with van der Waals surface area (Å²) in [6.45, 7) is 0.279. The third kappa shape index (κ3) is 2.08. The second-order valence-electron chi connectivity index (χ2n) is 5.24. The summed E-state index contributed by atoms with van der Waals surface area (Å²) in [5.41, 5.74) is 3.73. The molecule has 0 radical (unpaired) electrons. The number of halogens is 1. The van der Waals surface area contributed by atoms with Crippen LogP contribution in [0.4, 0.5) is 10.2 Å². The molecule has 2 aromatic heterocycles.